The van der Waals surface area contributed by atoms with Crippen molar-refractivity contribution in [2.24, 2.45) is 5.92 Å². The molecule has 1 aromatic heterocycles. The van der Waals surface area contributed by atoms with Crippen LogP contribution in [-0.2, 0) is 0 Å². The topological polar surface area (TPSA) is 66.9 Å². The molecule has 0 spiro atoms. The Bertz CT molecular complexity index is 637. The Morgan fingerprint density at radius 2 is 2.00 bits per heavy atom. The van der Waals surface area contributed by atoms with Crippen LogP contribution in [0.2, 0.25) is 0 Å². The van der Waals surface area contributed by atoms with Crippen LogP contribution in [-0.4, -0.2) is 29.0 Å². The maximum Gasteiger partial charge on any atom is 0.255 e. The molecule has 1 aliphatic carbocycles. The van der Waals surface area contributed by atoms with E-state index in [0.717, 1.165) is 44.2 Å². The molecule has 0 aromatic carbocycles. The summed E-state index contributed by atoms with van der Waals surface area (Å²) >= 11 is 0. The van der Waals surface area contributed by atoms with Gasteiger partial charge < -0.3 is 10.6 Å². The third-order valence-corrected chi connectivity index (χ3v) is 4.21. The molecule has 0 saturated heterocycles. The molecule has 0 bridgehead atoms. The van der Waals surface area contributed by atoms with Crippen molar-refractivity contribution in [1.29, 1.82) is 0 Å². The summed E-state index contributed by atoms with van der Waals surface area (Å²) in [5, 5.41) is 6.22. The van der Waals surface area contributed by atoms with Crippen molar-refractivity contribution in [2.45, 2.75) is 52.9 Å². The third-order valence-electron chi connectivity index (χ3n) is 4.21. The zero-order chi connectivity index (χ0) is 18.1. The molecule has 1 heterocycles. The SMILES string of the molecule is CCCCNC(=O)c1cnc(NCCCC)nc1C1=CC(C)CC=C1. The first kappa shape index (κ1) is 19.2. The van der Waals surface area contributed by atoms with Gasteiger partial charge >= 0.3 is 0 Å². The Balaban J connectivity index is 2.27. The lowest BCUT2D eigenvalue weighted by molar-refractivity contribution is 0.0952. The van der Waals surface area contributed by atoms with Gasteiger partial charge in [0.25, 0.3) is 5.91 Å². The van der Waals surface area contributed by atoms with Crippen LogP contribution in [0.25, 0.3) is 5.57 Å². The summed E-state index contributed by atoms with van der Waals surface area (Å²) in [6, 6.07) is 0. The number of rotatable bonds is 9. The quantitative estimate of drug-likeness (QED) is 0.660. The fourth-order valence-electron chi connectivity index (χ4n) is 2.70. The Morgan fingerprint density at radius 1 is 1.24 bits per heavy atom. The second-order valence-electron chi connectivity index (χ2n) is 6.58. The Hall–Kier alpha value is -2.17. The zero-order valence-electron chi connectivity index (χ0n) is 15.6. The van der Waals surface area contributed by atoms with E-state index in [2.05, 4.69) is 59.6 Å². The molecule has 1 aromatic rings. The number of unbranched alkanes of at least 4 members (excludes halogenated alkanes) is 2. The number of hydrogen-bond donors (Lipinski definition) is 2. The molecule has 2 rings (SSSR count). The molecule has 0 saturated carbocycles. The van der Waals surface area contributed by atoms with Crippen LogP contribution >= 0.6 is 0 Å². The molecule has 5 nitrogen and oxygen atoms in total. The van der Waals surface area contributed by atoms with Crippen molar-refractivity contribution in [2.75, 3.05) is 18.4 Å². The van der Waals surface area contributed by atoms with E-state index in [-0.39, 0.29) is 5.91 Å². The first-order valence-corrected chi connectivity index (χ1v) is 9.43. The minimum Gasteiger partial charge on any atom is -0.354 e. The monoisotopic (exact) mass is 342 g/mol. The summed E-state index contributed by atoms with van der Waals surface area (Å²) in [6.07, 6.45) is 13.3. The standard InChI is InChI=1S/C20H30N4O/c1-4-6-11-21-19(25)17-14-23-20(22-12-7-5-2)24-18(17)16-10-8-9-15(3)13-16/h8,10,13-15H,4-7,9,11-12H2,1-3H3,(H,21,25)(H,22,23,24). The summed E-state index contributed by atoms with van der Waals surface area (Å²) in [5.74, 6) is 0.930. The molecule has 2 N–H and O–H groups in total. The molecule has 5 heteroatoms. The molecular formula is C20H30N4O. The van der Waals surface area contributed by atoms with E-state index >= 15 is 0 Å². The van der Waals surface area contributed by atoms with E-state index in [1.54, 1.807) is 6.20 Å². The van der Waals surface area contributed by atoms with Crippen molar-refractivity contribution >= 4 is 17.4 Å². The van der Waals surface area contributed by atoms with E-state index in [9.17, 15) is 4.79 Å². The van der Waals surface area contributed by atoms with Gasteiger partial charge in [-0.15, -0.1) is 0 Å². The van der Waals surface area contributed by atoms with Gasteiger partial charge in [-0.2, -0.15) is 0 Å². The Morgan fingerprint density at radius 3 is 2.72 bits per heavy atom. The van der Waals surface area contributed by atoms with Gasteiger partial charge in [-0.1, -0.05) is 51.8 Å². The summed E-state index contributed by atoms with van der Waals surface area (Å²) in [6.45, 7) is 7.94. The highest BCUT2D eigenvalue weighted by Gasteiger charge is 2.18. The summed E-state index contributed by atoms with van der Waals surface area (Å²) in [7, 11) is 0. The number of anilines is 1. The van der Waals surface area contributed by atoms with E-state index in [1.807, 2.05) is 0 Å². The Labute approximate surface area is 151 Å². The fourth-order valence-corrected chi connectivity index (χ4v) is 2.70. The number of hydrogen-bond acceptors (Lipinski definition) is 4. The largest absolute Gasteiger partial charge is 0.354 e. The first-order valence-electron chi connectivity index (χ1n) is 9.43. The predicted molar refractivity (Wildman–Crippen MR) is 104 cm³/mol. The van der Waals surface area contributed by atoms with Crippen LogP contribution in [0.15, 0.2) is 24.4 Å². The van der Waals surface area contributed by atoms with Gasteiger partial charge in [0.1, 0.15) is 0 Å². The average molecular weight is 342 g/mol. The van der Waals surface area contributed by atoms with Gasteiger partial charge in [-0.25, -0.2) is 9.97 Å². The second-order valence-corrected chi connectivity index (χ2v) is 6.58. The highest BCUT2D eigenvalue weighted by atomic mass is 16.1. The molecule has 25 heavy (non-hydrogen) atoms. The zero-order valence-corrected chi connectivity index (χ0v) is 15.6. The van der Waals surface area contributed by atoms with Gasteiger partial charge in [0.05, 0.1) is 11.3 Å². The van der Waals surface area contributed by atoms with Crippen LogP contribution in [0.5, 0.6) is 0 Å². The van der Waals surface area contributed by atoms with Crippen LogP contribution in [0.4, 0.5) is 5.95 Å². The smallest absolute Gasteiger partial charge is 0.255 e. The lowest BCUT2D eigenvalue weighted by atomic mass is 9.94. The highest BCUT2D eigenvalue weighted by molar-refractivity contribution is 5.99. The summed E-state index contributed by atoms with van der Waals surface area (Å²) < 4.78 is 0. The third kappa shape index (κ3) is 5.69. The number of aromatic nitrogens is 2. The summed E-state index contributed by atoms with van der Waals surface area (Å²) in [4.78, 5) is 21.6. The van der Waals surface area contributed by atoms with Gasteiger partial charge in [-0.3, -0.25) is 4.79 Å². The lowest BCUT2D eigenvalue weighted by Gasteiger charge is -2.16. The van der Waals surface area contributed by atoms with Gasteiger partial charge in [-0.05, 0) is 30.8 Å². The predicted octanol–water partition coefficient (Wildman–Crippen LogP) is 4.20. The average Bonchev–Trinajstić information content (AvgIpc) is 2.62. The molecule has 0 radical (unpaired) electrons. The summed E-state index contributed by atoms with van der Waals surface area (Å²) in [5.41, 5.74) is 2.26. The molecule has 1 unspecified atom stereocenters. The maximum atomic E-state index is 12.6. The first-order chi connectivity index (χ1) is 12.2. The van der Waals surface area contributed by atoms with Crippen LogP contribution < -0.4 is 10.6 Å². The molecular weight excluding hydrogens is 312 g/mol. The van der Waals surface area contributed by atoms with Crippen molar-refractivity contribution in [3.63, 3.8) is 0 Å². The van der Waals surface area contributed by atoms with Gasteiger partial charge in [0.15, 0.2) is 0 Å². The number of nitrogens with zero attached hydrogens (tertiary/aromatic N) is 2. The number of amides is 1. The van der Waals surface area contributed by atoms with E-state index < -0.39 is 0 Å². The fraction of sp³-hybridized carbons (Fsp3) is 0.550. The van der Waals surface area contributed by atoms with E-state index in [0.29, 0.717) is 29.7 Å². The van der Waals surface area contributed by atoms with Crippen molar-refractivity contribution < 1.29 is 4.79 Å². The van der Waals surface area contributed by atoms with Crippen molar-refractivity contribution in [3.8, 4) is 0 Å². The second kappa shape index (κ2) is 9.97. The molecule has 0 fully saturated rings. The molecule has 1 amide bonds. The number of carbonyl (C=O) groups is 1. The van der Waals surface area contributed by atoms with Crippen LogP contribution in [0, 0.1) is 5.92 Å². The van der Waals surface area contributed by atoms with Crippen molar-refractivity contribution in [1.82, 2.24) is 15.3 Å². The number of allylic oxidation sites excluding steroid dienone is 4. The van der Waals surface area contributed by atoms with Gasteiger partial charge in [0, 0.05) is 19.3 Å². The molecule has 136 valence electrons. The lowest BCUT2D eigenvalue weighted by Crippen LogP contribution is -2.26. The maximum absolute atomic E-state index is 12.6. The van der Waals surface area contributed by atoms with Crippen LogP contribution in [0.1, 0.15) is 68.9 Å². The molecule has 1 aliphatic rings. The van der Waals surface area contributed by atoms with Crippen molar-refractivity contribution in [3.05, 3.63) is 35.7 Å². The number of nitrogens with one attached hydrogen (secondary N) is 2. The normalized spacial score (nSPS) is 16.4. The highest BCUT2D eigenvalue weighted by Crippen LogP contribution is 2.26. The van der Waals surface area contributed by atoms with Gasteiger partial charge in [0.2, 0.25) is 5.95 Å². The molecule has 1 atom stereocenters. The molecule has 0 aliphatic heterocycles. The minimum absolute atomic E-state index is 0.101. The van der Waals surface area contributed by atoms with E-state index in [4.69, 9.17) is 0 Å². The minimum atomic E-state index is -0.101. The Kier molecular flexibility index (Phi) is 7.64. The number of carbonyl (C=O) groups excluding carboxylic acids is 1. The van der Waals surface area contributed by atoms with Crippen LogP contribution in [0.3, 0.4) is 0 Å². The van der Waals surface area contributed by atoms with E-state index in [1.165, 1.54) is 0 Å².